The molecule has 0 bridgehead atoms. The molecule has 9 nitrogen and oxygen atoms in total. The van der Waals surface area contributed by atoms with Gasteiger partial charge in [-0.05, 0) is 26.0 Å². The molecular formula is C18H19N3O6. The van der Waals surface area contributed by atoms with Crippen molar-refractivity contribution < 1.29 is 28.6 Å². The van der Waals surface area contributed by atoms with Crippen LogP contribution in [0.3, 0.4) is 0 Å². The van der Waals surface area contributed by atoms with Gasteiger partial charge in [-0.1, -0.05) is 0 Å². The van der Waals surface area contributed by atoms with Gasteiger partial charge >= 0.3 is 5.97 Å². The van der Waals surface area contributed by atoms with Crippen LogP contribution in [0.1, 0.15) is 51.9 Å². The Bertz CT molecular complexity index is 904. The summed E-state index contributed by atoms with van der Waals surface area (Å²) in [6.45, 7) is 4.00. The van der Waals surface area contributed by atoms with Gasteiger partial charge in [0.2, 0.25) is 5.88 Å². The quantitative estimate of drug-likeness (QED) is 0.703. The average Bonchev–Trinajstić information content (AvgIpc) is 3.08. The number of rotatable bonds is 6. The van der Waals surface area contributed by atoms with Gasteiger partial charge in [0.05, 0.1) is 29.3 Å². The molecule has 2 amide bonds. The first-order valence-corrected chi connectivity index (χ1v) is 8.48. The number of carboxylic acid groups (broad SMARTS) is 1. The molecule has 142 valence electrons. The number of aromatic nitrogens is 1. The van der Waals surface area contributed by atoms with Gasteiger partial charge in [0.1, 0.15) is 17.7 Å². The summed E-state index contributed by atoms with van der Waals surface area (Å²) in [6, 6.07) is 3.03. The Kier molecular flexibility index (Phi) is 5.11. The van der Waals surface area contributed by atoms with E-state index in [9.17, 15) is 14.4 Å². The molecule has 3 rings (SSSR count). The lowest BCUT2D eigenvalue weighted by atomic mass is 10.0. The lowest BCUT2D eigenvalue weighted by molar-refractivity contribution is -0.138. The predicted molar refractivity (Wildman–Crippen MR) is 94.2 cm³/mol. The van der Waals surface area contributed by atoms with Gasteiger partial charge in [-0.2, -0.15) is 0 Å². The fourth-order valence-corrected chi connectivity index (χ4v) is 2.73. The number of ether oxygens (including phenoxy) is 1. The highest BCUT2D eigenvalue weighted by molar-refractivity contribution is 6.13. The molecule has 1 aliphatic heterocycles. The second-order valence-corrected chi connectivity index (χ2v) is 5.99. The third-order valence-electron chi connectivity index (χ3n) is 4.20. The summed E-state index contributed by atoms with van der Waals surface area (Å²) in [5, 5.41) is 14.5. The maximum absolute atomic E-state index is 12.6. The Morgan fingerprint density at radius 1 is 1.44 bits per heavy atom. The van der Waals surface area contributed by atoms with Gasteiger partial charge in [-0.15, -0.1) is 0 Å². The molecule has 1 aliphatic rings. The molecule has 2 aromatic rings. The molecular weight excluding hydrogens is 354 g/mol. The van der Waals surface area contributed by atoms with Crippen molar-refractivity contribution in [1.29, 1.82) is 0 Å². The summed E-state index contributed by atoms with van der Waals surface area (Å²) in [5.74, 6) is -2.16. The van der Waals surface area contributed by atoms with Crippen molar-refractivity contribution in [3.05, 3.63) is 41.0 Å². The van der Waals surface area contributed by atoms with Crippen LogP contribution in [0.15, 0.2) is 22.8 Å². The summed E-state index contributed by atoms with van der Waals surface area (Å²) in [4.78, 5) is 40.0. The summed E-state index contributed by atoms with van der Waals surface area (Å²) >= 11 is 0. The van der Waals surface area contributed by atoms with E-state index in [2.05, 4.69) is 15.6 Å². The largest absolute Gasteiger partial charge is 0.481 e. The molecule has 0 aromatic carbocycles. The first-order chi connectivity index (χ1) is 12.9. The molecule has 9 heteroatoms. The van der Waals surface area contributed by atoms with Gasteiger partial charge in [0.15, 0.2) is 0 Å². The van der Waals surface area contributed by atoms with E-state index in [1.165, 1.54) is 25.3 Å². The number of carboxylic acids is 1. The second kappa shape index (κ2) is 7.48. The lowest BCUT2D eigenvalue weighted by Gasteiger charge is -2.14. The van der Waals surface area contributed by atoms with Gasteiger partial charge < -0.3 is 24.9 Å². The average molecular weight is 373 g/mol. The first-order valence-electron chi connectivity index (χ1n) is 8.48. The molecule has 0 saturated heterocycles. The number of nitrogens with zero attached hydrogens (tertiary/aromatic N) is 1. The third kappa shape index (κ3) is 3.62. The standard InChI is InChI=1S/C18H19N3O6/c1-3-26-17-12(5-4-11(21-17)9(2)18(24)25)20-15(22)10-8-27-13-6-7-19-16(23)14(10)13/h4-5,8-9H,3,6-7H2,1-2H3,(H,19,23)(H,20,22)(H,24,25). The highest BCUT2D eigenvalue weighted by Crippen LogP contribution is 2.28. The Labute approximate surface area is 154 Å². The van der Waals surface area contributed by atoms with Crippen LogP contribution in [-0.4, -0.2) is 41.0 Å². The van der Waals surface area contributed by atoms with Crippen LogP contribution in [0.5, 0.6) is 5.88 Å². The monoisotopic (exact) mass is 373 g/mol. The normalized spacial score (nSPS) is 14.1. The molecule has 3 N–H and O–H groups in total. The van der Waals surface area contributed by atoms with Crippen molar-refractivity contribution in [1.82, 2.24) is 10.3 Å². The third-order valence-corrected chi connectivity index (χ3v) is 4.20. The van der Waals surface area contributed by atoms with Crippen LogP contribution in [0.25, 0.3) is 0 Å². The van der Waals surface area contributed by atoms with Crippen molar-refractivity contribution in [3.8, 4) is 5.88 Å². The number of aliphatic carboxylic acids is 1. The highest BCUT2D eigenvalue weighted by Gasteiger charge is 2.28. The van der Waals surface area contributed by atoms with Crippen molar-refractivity contribution >= 4 is 23.5 Å². The number of amides is 2. The van der Waals surface area contributed by atoms with E-state index in [0.29, 0.717) is 24.4 Å². The van der Waals surface area contributed by atoms with Crippen molar-refractivity contribution in [3.63, 3.8) is 0 Å². The Hall–Kier alpha value is -3.36. The number of furan rings is 1. The zero-order valence-corrected chi connectivity index (χ0v) is 14.9. The number of carbonyl (C=O) groups excluding carboxylic acids is 2. The van der Waals surface area contributed by atoms with E-state index >= 15 is 0 Å². The Morgan fingerprint density at radius 3 is 2.93 bits per heavy atom. The van der Waals surface area contributed by atoms with Crippen LogP contribution in [0.4, 0.5) is 5.69 Å². The molecule has 27 heavy (non-hydrogen) atoms. The molecule has 1 atom stereocenters. The minimum absolute atomic E-state index is 0.110. The SMILES string of the molecule is CCOc1nc(C(C)C(=O)O)ccc1NC(=O)c1coc2c1C(=O)NCC2. The summed E-state index contributed by atoms with van der Waals surface area (Å²) < 4.78 is 10.8. The van der Waals surface area contributed by atoms with Crippen molar-refractivity contribution in [2.24, 2.45) is 0 Å². The maximum atomic E-state index is 12.6. The van der Waals surface area contributed by atoms with Crippen LogP contribution < -0.4 is 15.4 Å². The zero-order valence-electron chi connectivity index (χ0n) is 14.9. The zero-order chi connectivity index (χ0) is 19.6. The summed E-state index contributed by atoms with van der Waals surface area (Å²) in [6.07, 6.45) is 1.77. The van der Waals surface area contributed by atoms with E-state index in [1.807, 2.05) is 0 Å². The molecule has 0 spiro atoms. The molecule has 3 heterocycles. The van der Waals surface area contributed by atoms with Crippen LogP contribution >= 0.6 is 0 Å². The maximum Gasteiger partial charge on any atom is 0.312 e. The number of nitrogens with one attached hydrogen (secondary N) is 2. The first kappa shape index (κ1) is 18.4. The molecule has 1 unspecified atom stereocenters. The van der Waals surface area contributed by atoms with E-state index in [4.69, 9.17) is 14.3 Å². The molecule has 0 aliphatic carbocycles. The lowest BCUT2D eigenvalue weighted by Crippen LogP contribution is -2.32. The fraction of sp³-hybridized carbons (Fsp3) is 0.333. The van der Waals surface area contributed by atoms with E-state index in [0.717, 1.165) is 0 Å². The topological polar surface area (TPSA) is 131 Å². The Balaban J connectivity index is 1.89. The molecule has 0 radical (unpaired) electrons. The van der Waals surface area contributed by atoms with Gasteiger partial charge in [-0.25, -0.2) is 4.98 Å². The van der Waals surface area contributed by atoms with Crippen LogP contribution in [0.2, 0.25) is 0 Å². The number of pyridine rings is 1. The van der Waals surface area contributed by atoms with Crippen LogP contribution in [-0.2, 0) is 11.2 Å². The molecule has 0 saturated carbocycles. The number of carbonyl (C=O) groups is 3. The molecule has 0 fully saturated rings. The summed E-state index contributed by atoms with van der Waals surface area (Å²) in [5.41, 5.74) is 0.923. The number of fused-ring (bicyclic) bond motifs is 1. The van der Waals surface area contributed by atoms with E-state index in [1.54, 1.807) is 6.92 Å². The highest BCUT2D eigenvalue weighted by atomic mass is 16.5. The van der Waals surface area contributed by atoms with Crippen molar-refractivity contribution in [2.45, 2.75) is 26.2 Å². The molecule has 2 aromatic heterocycles. The minimum Gasteiger partial charge on any atom is -0.481 e. The van der Waals surface area contributed by atoms with Gasteiger partial charge in [0.25, 0.3) is 11.8 Å². The summed E-state index contributed by atoms with van der Waals surface area (Å²) in [7, 11) is 0. The smallest absolute Gasteiger partial charge is 0.312 e. The van der Waals surface area contributed by atoms with E-state index in [-0.39, 0.29) is 35.2 Å². The number of hydrogen-bond donors (Lipinski definition) is 3. The number of anilines is 1. The van der Waals surface area contributed by atoms with Gasteiger partial charge in [0, 0.05) is 13.0 Å². The Morgan fingerprint density at radius 2 is 2.22 bits per heavy atom. The fourth-order valence-electron chi connectivity index (χ4n) is 2.73. The number of hydrogen-bond acceptors (Lipinski definition) is 6. The van der Waals surface area contributed by atoms with Crippen molar-refractivity contribution in [2.75, 3.05) is 18.5 Å². The van der Waals surface area contributed by atoms with E-state index < -0.39 is 17.8 Å². The van der Waals surface area contributed by atoms with Gasteiger partial charge in [-0.3, -0.25) is 14.4 Å². The van der Waals surface area contributed by atoms with Crippen LogP contribution in [0, 0.1) is 0 Å². The predicted octanol–water partition coefficient (Wildman–Crippen LogP) is 1.80. The minimum atomic E-state index is -1.02. The second-order valence-electron chi connectivity index (χ2n) is 5.99.